The normalized spacial score (nSPS) is 23.0. The van der Waals surface area contributed by atoms with Crippen LogP contribution in [-0.4, -0.2) is 49.0 Å². The molecular weight excluding hydrogens is 278 g/mol. The first-order chi connectivity index (χ1) is 10.7. The predicted molar refractivity (Wildman–Crippen MR) is 81.6 cm³/mol. The van der Waals surface area contributed by atoms with Crippen LogP contribution in [0.15, 0.2) is 30.3 Å². The number of ether oxygens (including phenoxy) is 1. The van der Waals surface area contributed by atoms with Gasteiger partial charge in [-0.25, -0.2) is 0 Å². The lowest BCUT2D eigenvalue weighted by molar-refractivity contribution is -0.165. The molecule has 0 saturated carbocycles. The fraction of sp³-hybridized carbons (Fsp3) is 0.529. The molecule has 1 aromatic rings. The Morgan fingerprint density at radius 2 is 2.14 bits per heavy atom. The maximum atomic E-state index is 12.4. The molecule has 3 rings (SSSR count). The van der Waals surface area contributed by atoms with Gasteiger partial charge in [0.15, 0.2) is 6.19 Å². The molecule has 116 valence electrons. The molecule has 5 heteroatoms. The van der Waals surface area contributed by atoms with Crippen molar-refractivity contribution in [2.45, 2.75) is 18.4 Å². The molecule has 2 saturated heterocycles. The zero-order chi connectivity index (χ0) is 15.6. The van der Waals surface area contributed by atoms with E-state index in [0.29, 0.717) is 32.0 Å². The highest BCUT2D eigenvalue weighted by atomic mass is 16.5. The quantitative estimate of drug-likeness (QED) is 0.792. The van der Waals surface area contributed by atoms with Crippen molar-refractivity contribution < 1.29 is 9.53 Å². The van der Waals surface area contributed by atoms with Gasteiger partial charge in [-0.05, 0) is 17.9 Å². The molecule has 0 spiro atoms. The van der Waals surface area contributed by atoms with E-state index in [2.05, 4.69) is 6.19 Å². The number of hydrogen-bond donors (Lipinski definition) is 0. The molecule has 2 aliphatic heterocycles. The minimum absolute atomic E-state index is 0.174. The van der Waals surface area contributed by atoms with Gasteiger partial charge in [0.25, 0.3) is 0 Å². The molecule has 1 atom stereocenters. The summed E-state index contributed by atoms with van der Waals surface area (Å²) in [6.07, 6.45) is 3.62. The van der Waals surface area contributed by atoms with Crippen LogP contribution in [0, 0.1) is 17.4 Å². The van der Waals surface area contributed by atoms with E-state index in [1.165, 1.54) is 0 Å². The smallest absolute Gasteiger partial charge is 0.223 e. The van der Waals surface area contributed by atoms with E-state index in [1.807, 2.05) is 35.2 Å². The number of rotatable bonds is 4. The van der Waals surface area contributed by atoms with E-state index in [1.54, 1.807) is 12.0 Å². The number of methoxy groups -OCH3 is 1. The van der Waals surface area contributed by atoms with Crippen LogP contribution in [-0.2, 0) is 15.1 Å². The number of carbonyl (C=O) groups excluding carboxylic acids is 1. The number of hydrogen-bond acceptors (Lipinski definition) is 4. The first-order valence-electron chi connectivity index (χ1n) is 7.70. The van der Waals surface area contributed by atoms with Gasteiger partial charge in [-0.15, -0.1) is 0 Å². The van der Waals surface area contributed by atoms with Crippen LogP contribution in [0.1, 0.15) is 18.4 Å². The number of carbonyl (C=O) groups is 1. The summed E-state index contributed by atoms with van der Waals surface area (Å²) in [5.41, 5.74) is 0.767. The van der Waals surface area contributed by atoms with Crippen LogP contribution in [0.3, 0.4) is 0 Å². The third-order valence-electron chi connectivity index (χ3n) is 4.83. The largest absolute Gasteiger partial charge is 0.370 e. The Morgan fingerprint density at radius 1 is 1.41 bits per heavy atom. The maximum absolute atomic E-state index is 12.4. The van der Waals surface area contributed by atoms with Crippen molar-refractivity contribution in [3.63, 3.8) is 0 Å². The molecule has 1 aromatic carbocycles. The van der Waals surface area contributed by atoms with Crippen molar-refractivity contribution in [3.8, 4) is 6.19 Å². The first kappa shape index (κ1) is 14.9. The lowest BCUT2D eigenvalue weighted by Crippen LogP contribution is -2.62. The average molecular weight is 299 g/mol. The summed E-state index contributed by atoms with van der Waals surface area (Å²) >= 11 is 0. The van der Waals surface area contributed by atoms with Crippen LogP contribution in [0.5, 0.6) is 0 Å². The fourth-order valence-electron chi connectivity index (χ4n) is 3.38. The van der Waals surface area contributed by atoms with Gasteiger partial charge in [-0.3, -0.25) is 4.79 Å². The number of likely N-dealkylation sites (tertiary alicyclic amines) is 2. The molecule has 0 bridgehead atoms. The highest BCUT2D eigenvalue weighted by molar-refractivity contribution is 5.78. The average Bonchev–Trinajstić information content (AvgIpc) is 2.95. The van der Waals surface area contributed by atoms with Gasteiger partial charge in [0.05, 0.1) is 13.1 Å². The minimum atomic E-state index is -0.356. The molecule has 2 aliphatic rings. The Kier molecular flexibility index (Phi) is 4.04. The second-order valence-corrected chi connectivity index (χ2v) is 6.22. The zero-order valence-corrected chi connectivity index (χ0v) is 12.9. The fourth-order valence-corrected chi connectivity index (χ4v) is 3.38. The van der Waals surface area contributed by atoms with Crippen LogP contribution in [0.25, 0.3) is 0 Å². The van der Waals surface area contributed by atoms with Gasteiger partial charge < -0.3 is 14.5 Å². The van der Waals surface area contributed by atoms with Crippen LogP contribution in [0.2, 0.25) is 0 Å². The summed E-state index contributed by atoms with van der Waals surface area (Å²) in [6, 6.07) is 10.1. The summed E-state index contributed by atoms with van der Waals surface area (Å²) in [5.74, 6) is 0.481. The van der Waals surface area contributed by atoms with Gasteiger partial charge in [0, 0.05) is 26.6 Å². The number of amides is 1. The van der Waals surface area contributed by atoms with Gasteiger partial charge in [-0.2, -0.15) is 5.26 Å². The van der Waals surface area contributed by atoms with Gasteiger partial charge in [0.2, 0.25) is 5.91 Å². The predicted octanol–water partition coefficient (Wildman–Crippen LogP) is 1.56. The molecule has 0 radical (unpaired) electrons. The van der Waals surface area contributed by atoms with Gasteiger partial charge in [0.1, 0.15) is 5.60 Å². The Labute approximate surface area is 131 Å². The van der Waals surface area contributed by atoms with Crippen LogP contribution >= 0.6 is 0 Å². The van der Waals surface area contributed by atoms with E-state index >= 15 is 0 Å². The minimum Gasteiger partial charge on any atom is -0.370 e. The SMILES string of the molecule is COC1(c2ccccc2)CN(C(=O)C[C@@H]2CCN(C#N)C2)C1. The molecule has 1 amide bonds. The Balaban J connectivity index is 1.56. The molecule has 2 fully saturated rings. The van der Waals surface area contributed by atoms with Gasteiger partial charge >= 0.3 is 0 Å². The summed E-state index contributed by atoms with van der Waals surface area (Å²) in [5, 5.41) is 8.88. The topological polar surface area (TPSA) is 56.6 Å². The van der Waals surface area contributed by atoms with E-state index in [-0.39, 0.29) is 11.5 Å². The lowest BCUT2D eigenvalue weighted by atomic mass is 9.85. The van der Waals surface area contributed by atoms with Crippen molar-refractivity contribution in [1.29, 1.82) is 5.26 Å². The Bertz CT molecular complexity index is 575. The summed E-state index contributed by atoms with van der Waals surface area (Å²) < 4.78 is 5.70. The molecular formula is C17H21N3O2. The molecule has 0 aromatic heterocycles. The van der Waals surface area contributed by atoms with Crippen molar-refractivity contribution in [1.82, 2.24) is 9.80 Å². The number of benzene rings is 1. The zero-order valence-electron chi connectivity index (χ0n) is 12.9. The van der Waals surface area contributed by atoms with E-state index in [4.69, 9.17) is 10.00 Å². The summed E-state index contributed by atoms with van der Waals surface area (Å²) in [4.78, 5) is 16.0. The second-order valence-electron chi connectivity index (χ2n) is 6.22. The van der Waals surface area contributed by atoms with Crippen LogP contribution in [0.4, 0.5) is 0 Å². The van der Waals surface area contributed by atoms with Gasteiger partial charge in [-0.1, -0.05) is 30.3 Å². The Morgan fingerprint density at radius 3 is 2.73 bits per heavy atom. The molecule has 2 heterocycles. The highest BCUT2D eigenvalue weighted by Crippen LogP contribution is 2.36. The number of nitrogens with zero attached hydrogens (tertiary/aromatic N) is 3. The third-order valence-corrected chi connectivity index (χ3v) is 4.83. The van der Waals surface area contributed by atoms with E-state index in [9.17, 15) is 4.79 Å². The monoisotopic (exact) mass is 299 g/mol. The Hall–Kier alpha value is -2.06. The van der Waals surface area contributed by atoms with Crippen molar-refractivity contribution in [2.75, 3.05) is 33.3 Å². The number of nitriles is 1. The molecule has 22 heavy (non-hydrogen) atoms. The molecule has 0 N–H and O–H groups in total. The summed E-state index contributed by atoms with van der Waals surface area (Å²) in [6.45, 7) is 2.71. The highest BCUT2D eigenvalue weighted by Gasteiger charge is 2.47. The third kappa shape index (κ3) is 2.67. The summed E-state index contributed by atoms with van der Waals surface area (Å²) in [7, 11) is 1.70. The van der Waals surface area contributed by atoms with E-state index in [0.717, 1.165) is 18.5 Å². The first-order valence-corrected chi connectivity index (χ1v) is 7.70. The second kappa shape index (κ2) is 5.98. The molecule has 5 nitrogen and oxygen atoms in total. The van der Waals surface area contributed by atoms with Crippen molar-refractivity contribution >= 4 is 5.91 Å². The molecule has 0 aliphatic carbocycles. The standard InChI is InChI=1S/C17H21N3O2/c1-22-17(15-5-3-2-4-6-15)11-20(12-17)16(21)9-14-7-8-19(10-14)13-18/h2-6,14H,7-12H2,1H3/t14-/m0/s1. The van der Waals surface area contributed by atoms with Crippen molar-refractivity contribution in [2.24, 2.45) is 5.92 Å². The lowest BCUT2D eigenvalue weighted by Gasteiger charge is -2.49. The van der Waals surface area contributed by atoms with Crippen LogP contribution < -0.4 is 0 Å². The maximum Gasteiger partial charge on any atom is 0.223 e. The van der Waals surface area contributed by atoms with Crippen molar-refractivity contribution in [3.05, 3.63) is 35.9 Å². The molecule has 0 unspecified atom stereocenters. The van der Waals surface area contributed by atoms with E-state index < -0.39 is 0 Å².